The summed E-state index contributed by atoms with van der Waals surface area (Å²) in [5.74, 6) is -1.88. The summed E-state index contributed by atoms with van der Waals surface area (Å²) in [6.45, 7) is 3.37. The Morgan fingerprint density at radius 2 is 1.85 bits per heavy atom. The number of hydrogen-bond donors (Lipinski definition) is 2. The van der Waals surface area contributed by atoms with Crippen LogP contribution in [-0.2, 0) is 19.1 Å². The Morgan fingerprint density at radius 3 is 2.37 bits per heavy atom. The summed E-state index contributed by atoms with van der Waals surface area (Å²) in [6, 6.07) is 3.04. The molecule has 27 heavy (non-hydrogen) atoms. The molecule has 1 aliphatic rings. The average molecular weight is 397 g/mol. The number of rotatable bonds is 6. The molecule has 8 nitrogen and oxygen atoms in total. The molecule has 0 bridgehead atoms. The summed E-state index contributed by atoms with van der Waals surface area (Å²) in [6.07, 6.45) is -0.167. The third kappa shape index (κ3) is 4.51. The van der Waals surface area contributed by atoms with E-state index in [0.29, 0.717) is 22.9 Å². The minimum atomic E-state index is -0.981. The van der Waals surface area contributed by atoms with Crippen molar-refractivity contribution in [1.29, 1.82) is 0 Å². The van der Waals surface area contributed by atoms with Crippen LogP contribution in [0.1, 0.15) is 20.3 Å². The van der Waals surface area contributed by atoms with Gasteiger partial charge in [0.2, 0.25) is 11.8 Å². The number of esters is 1. The SMILES string of the molecule is CCOC(=O)C1=C(C)NC(=O)C[C@H]1C(=O)Nc1cc(OC)c(Cl)c(OC)c1. The normalized spacial score (nSPS) is 16.5. The molecule has 1 aromatic rings. The van der Waals surface area contributed by atoms with E-state index in [1.54, 1.807) is 13.8 Å². The molecule has 2 rings (SSSR count). The van der Waals surface area contributed by atoms with Gasteiger partial charge in [-0.3, -0.25) is 9.59 Å². The van der Waals surface area contributed by atoms with E-state index in [2.05, 4.69) is 10.6 Å². The Labute approximate surface area is 161 Å². The second-order valence-corrected chi connectivity index (χ2v) is 6.13. The maximum atomic E-state index is 12.8. The van der Waals surface area contributed by atoms with Gasteiger partial charge in [-0.25, -0.2) is 4.79 Å². The van der Waals surface area contributed by atoms with Crippen LogP contribution in [0.3, 0.4) is 0 Å². The summed E-state index contributed by atoms with van der Waals surface area (Å²) in [7, 11) is 2.87. The third-order valence-electron chi connectivity index (χ3n) is 3.99. The van der Waals surface area contributed by atoms with Crippen LogP contribution in [0.25, 0.3) is 0 Å². The first-order chi connectivity index (χ1) is 12.8. The molecule has 0 aliphatic carbocycles. The van der Waals surface area contributed by atoms with Gasteiger partial charge >= 0.3 is 5.97 Å². The van der Waals surface area contributed by atoms with E-state index in [-0.39, 0.29) is 29.5 Å². The van der Waals surface area contributed by atoms with Gasteiger partial charge in [0.1, 0.15) is 16.5 Å². The fourth-order valence-corrected chi connectivity index (χ4v) is 3.04. The number of benzene rings is 1. The molecule has 0 saturated carbocycles. The zero-order valence-electron chi connectivity index (χ0n) is 15.5. The van der Waals surface area contributed by atoms with E-state index in [4.69, 9.17) is 25.8 Å². The lowest BCUT2D eigenvalue weighted by molar-refractivity contribution is -0.141. The highest BCUT2D eigenvalue weighted by atomic mass is 35.5. The summed E-state index contributed by atoms with van der Waals surface area (Å²) in [5.41, 5.74) is 0.780. The Morgan fingerprint density at radius 1 is 1.26 bits per heavy atom. The number of amides is 2. The van der Waals surface area contributed by atoms with E-state index in [9.17, 15) is 14.4 Å². The standard InChI is InChI=1S/C18H21ClN2O6/c1-5-27-18(24)15-9(2)20-14(22)8-11(15)17(23)21-10-6-12(25-3)16(19)13(7-10)26-4/h6-7,11H,5,8H2,1-4H3,(H,20,22)(H,21,23)/t11-/m1/s1. The fourth-order valence-electron chi connectivity index (χ4n) is 2.78. The Hall–Kier alpha value is -2.74. The molecule has 1 heterocycles. The van der Waals surface area contributed by atoms with Gasteiger partial charge in [0, 0.05) is 29.9 Å². The second-order valence-electron chi connectivity index (χ2n) is 5.75. The largest absolute Gasteiger partial charge is 0.495 e. The van der Waals surface area contributed by atoms with Gasteiger partial charge in [-0.15, -0.1) is 0 Å². The number of anilines is 1. The average Bonchev–Trinajstić information content (AvgIpc) is 2.62. The van der Waals surface area contributed by atoms with Crippen molar-refractivity contribution in [1.82, 2.24) is 5.32 Å². The lowest BCUT2D eigenvalue weighted by Crippen LogP contribution is -2.40. The van der Waals surface area contributed by atoms with E-state index >= 15 is 0 Å². The molecule has 146 valence electrons. The first kappa shape index (κ1) is 20.6. The van der Waals surface area contributed by atoms with Crippen LogP contribution in [0.2, 0.25) is 5.02 Å². The van der Waals surface area contributed by atoms with Crippen molar-refractivity contribution in [2.24, 2.45) is 5.92 Å². The predicted octanol–water partition coefficient (Wildman–Crippen LogP) is 2.27. The highest BCUT2D eigenvalue weighted by molar-refractivity contribution is 6.33. The van der Waals surface area contributed by atoms with Crippen LogP contribution < -0.4 is 20.1 Å². The second kappa shape index (κ2) is 8.77. The smallest absolute Gasteiger partial charge is 0.336 e. The van der Waals surface area contributed by atoms with E-state index in [0.717, 1.165) is 0 Å². The molecule has 2 N–H and O–H groups in total. The Kier molecular flexibility index (Phi) is 6.68. The number of hydrogen-bond acceptors (Lipinski definition) is 6. The molecule has 1 atom stereocenters. The summed E-state index contributed by atoms with van der Waals surface area (Å²) in [4.78, 5) is 37.0. The van der Waals surface area contributed by atoms with Crippen molar-refractivity contribution in [3.8, 4) is 11.5 Å². The molecule has 0 saturated heterocycles. The van der Waals surface area contributed by atoms with Gasteiger partial charge in [0.05, 0.1) is 32.3 Å². The first-order valence-electron chi connectivity index (χ1n) is 8.22. The predicted molar refractivity (Wildman–Crippen MR) is 98.8 cm³/mol. The van der Waals surface area contributed by atoms with E-state index < -0.39 is 17.8 Å². The highest BCUT2D eigenvalue weighted by Gasteiger charge is 2.36. The molecular formula is C18H21ClN2O6. The summed E-state index contributed by atoms with van der Waals surface area (Å²) < 4.78 is 15.4. The van der Waals surface area contributed by atoms with Crippen LogP contribution >= 0.6 is 11.6 Å². The van der Waals surface area contributed by atoms with Gasteiger partial charge in [0.25, 0.3) is 0 Å². The van der Waals surface area contributed by atoms with Crippen molar-refractivity contribution in [3.63, 3.8) is 0 Å². The number of halogens is 1. The van der Waals surface area contributed by atoms with E-state index in [1.165, 1.54) is 26.4 Å². The molecule has 1 aromatic carbocycles. The monoisotopic (exact) mass is 396 g/mol. The summed E-state index contributed by atoms with van der Waals surface area (Å²) >= 11 is 6.12. The minimum Gasteiger partial charge on any atom is -0.495 e. The highest BCUT2D eigenvalue weighted by Crippen LogP contribution is 2.37. The minimum absolute atomic E-state index is 0.127. The zero-order valence-corrected chi connectivity index (χ0v) is 16.2. The Bertz CT molecular complexity index is 780. The van der Waals surface area contributed by atoms with E-state index in [1.807, 2.05) is 0 Å². The molecule has 0 unspecified atom stereocenters. The van der Waals surface area contributed by atoms with Crippen LogP contribution in [-0.4, -0.2) is 38.6 Å². The van der Waals surface area contributed by atoms with Crippen molar-refractivity contribution in [2.45, 2.75) is 20.3 Å². The quantitative estimate of drug-likeness (QED) is 0.715. The maximum Gasteiger partial charge on any atom is 0.336 e. The van der Waals surface area contributed by atoms with Crippen LogP contribution in [0.5, 0.6) is 11.5 Å². The number of allylic oxidation sites excluding steroid dienone is 1. The van der Waals surface area contributed by atoms with Crippen LogP contribution in [0.15, 0.2) is 23.4 Å². The maximum absolute atomic E-state index is 12.8. The molecule has 2 amide bonds. The van der Waals surface area contributed by atoms with Crippen molar-refractivity contribution < 1.29 is 28.6 Å². The molecular weight excluding hydrogens is 376 g/mol. The van der Waals surface area contributed by atoms with Gasteiger partial charge < -0.3 is 24.8 Å². The van der Waals surface area contributed by atoms with Gasteiger partial charge in [-0.2, -0.15) is 0 Å². The lowest BCUT2D eigenvalue weighted by atomic mass is 9.89. The van der Waals surface area contributed by atoms with Gasteiger partial charge in [-0.1, -0.05) is 11.6 Å². The van der Waals surface area contributed by atoms with Gasteiger partial charge in [0.15, 0.2) is 0 Å². The zero-order chi connectivity index (χ0) is 20.1. The number of methoxy groups -OCH3 is 2. The van der Waals surface area contributed by atoms with Crippen LogP contribution in [0, 0.1) is 5.92 Å². The molecule has 0 spiro atoms. The van der Waals surface area contributed by atoms with Crippen molar-refractivity contribution >= 4 is 35.1 Å². The third-order valence-corrected chi connectivity index (χ3v) is 4.37. The topological polar surface area (TPSA) is 103 Å². The van der Waals surface area contributed by atoms with Crippen LogP contribution in [0.4, 0.5) is 5.69 Å². The lowest BCUT2D eigenvalue weighted by Gasteiger charge is -2.25. The van der Waals surface area contributed by atoms with Crippen molar-refractivity contribution in [3.05, 3.63) is 28.4 Å². The molecule has 1 aliphatic heterocycles. The summed E-state index contributed by atoms with van der Waals surface area (Å²) in [5, 5.41) is 5.50. The fraction of sp³-hybridized carbons (Fsp3) is 0.389. The number of carbonyl (C=O) groups excluding carboxylic acids is 3. The Balaban J connectivity index is 2.34. The molecule has 9 heteroatoms. The van der Waals surface area contributed by atoms with Crippen molar-refractivity contribution in [2.75, 3.05) is 26.1 Å². The number of nitrogens with one attached hydrogen (secondary N) is 2. The molecule has 0 fully saturated rings. The number of ether oxygens (including phenoxy) is 3. The number of carbonyl (C=O) groups is 3. The molecule has 0 radical (unpaired) electrons. The van der Waals surface area contributed by atoms with Gasteiger partial charge in [-0.05, 0) is 13.8 Å². The molecule has 0 aromatic heterocycles. The first-order valence-corrected chi connectivity index (χ1v) is 8.60.